The molecule has 106 valence electrons. The van der Waals surface area contributed by atoms with Gasteiger partial charge in [0.2, 0.25) is 0 Å². The predicted molar refractivity (Wildman–Crippen MR) is 88.8 cm³/mol. The third kappa shape index (κ3) is 3.90. The van der Waals surface area contributed by atoms with Gasteiger partial charge in [0.25, 0.3) is 0 Å². The highest BCUT2D eigenvalue weighted by Gasteiger charge is 2.05. The number of aryl methyl sites for hydroxylation is 1. The van der Waals surface area contributed by atoms with E-state index in [1.807, 2.05) is 37.3 Å². The van der Waals surface area contributed by atoms with Crippen LogP contribution in [0.5, 0.6) is 5.75 Å². The maximum Gasteiger partial charge on any atom is 0.142 e. The van der Waals surface area contributed by atoms with Crippen LogP contribution in [-0.2, 0) is 6.54 Å². The number of hydrogen-bond donors (Lipinski definition) is 1. The van der Waals surface area contributed by atoms with Gasteiger partial charge in [-0.2, -0.15) is 0 Å². The van der Waals surface area contributed by atoms with Gasteiger partial charge in [0.1, 0.15) is 5.75 Å². The molecule has 0 heterocycles. The number of hydrogen-bond acceptors (Lipinski definition) is 2. The van der Waals surface area contributed by atoms with Gasteiger partial charge < -0.3 is 10.1 Å². The molecule has 20 heavy (non-hydrogen) atoms. The Morgan fingerprint density at radius 2 is 2.00 bits per heavy atom. The number of nitrogens with one attached hydrogen (secondary N) is 1. The Balaban J connectivity index is 2.14. The van der Waals surface area contributed by atoms with Gasteiger partial charge >= 0.3 is 0 Å². The molecule has 0 saturated heterocycles. The summed E-state index contributed by atoms with van der Waals surface area (Å²) >= 11 is 9.47. The van der Waals surface area contributed by atoms with Gasteiger partial charge in [-0.25, -0.2) is 0 Å². The van der Waals surface area contributed by atoms with Gasteiger partial charge in [-0.05, 0) is 49.2 Å². The maximum atomic E-state index is 5.95. The largest absolute Gasteiger partial charge is 0.492 e. The smallest absolute Gasteiger partial charge is 0.142 e. The lowest BCUT2D eigenvalue weighted by Gasteiger charge is -2.14. The normalized spacial score (nSPS) is 10.4. The molecule has 0 atom stereocenters. The molecule has 2 aromatic carbocycles. The molecule has 0 bridgehead atoms. The summed E-state index contributed by atoms with van der Waals surface area (Å²) < 4.78 is 6.66. The number of benzene rings is 2. The van der Waals surface area contributed by atoms with Crippen molar-refractivity contribution in [2.45, 2.75) is 20.4 Å². The molecule has 0 fully saturated rings. The zero-order valence-electron chi connectivity index (χ0n) is 11.5. The van der Waals surface area contributed by atoms with Crippen molar-refractivity contribution in [1.82, 2.24) is 0 Å². The van der Waals surface area contributed by atoms with Crippen LogP contribution in [0.25, 0.3) is 0 Å². The van der Waals surface area contributed by atoms with Crippen molar-refractivity contribution in [2.75, 3.05) is 11.9 Å². The molecule has 2 nitrogen and oxygen atoms in total. The summed E-state index contributed by atoms with van der Waals surface area (Å²) in [6.07, 6.45) is 0. The van der Waals surface area contributed by atoms with Crippen LogP contribution >= 0.6 is 27.5 Å². The summed E-state index contributed by atoms with van der Waals surface area (Å²) in [7, 11) is 0. The van der Waals surface area contributed by atoms with Crippen molar-refractivity contribution < 1.29 is 4.74 Å². The molecule has 0 aliphatic heterocycles. The first-order valence-corrected chi connectivity index (χ1v) is 7.68. The molecule has 0 aliphatic rings. The summed E-state index contributed by atoms with van der Waals surface area (Å²) in [5.74, 6) is 0.887. The van der Waals surface area contributed by atoms with Crippen molar-refractivity contribution in [3.05, 3.63) is 57.0 Å². The Morgan fingerprint density at radius 1 is 1.20 bits per heavy atom. The lowest BCUT2D eigenvalue weighted by atomic mass is 10.2. The lowest BCUT2D eigenvalue weighted by molar-refractivity contribution is 0.341. The first kappa shape index (κ1) is 15.2. The Kier molecular flexibility index (Phi) is 5.32. The average molecular weight is 355 g/mol. The average Bonchev–Trinajstić information content (AvgIpc) is 2.40. The monoisotopic (exact) mass is 353 g/mol. The van der Waals surface area contributed by atoms with E-state index in [1.54, 1.807) is 0 Å². The van der Waals surface area contributed by atoms with E-state index in [-0.39, 0.29) is 0 Å². The van der Waals surface area contributed by atoms with Gasteiger partial charge in [-0.15, -0.1) is 0 Å². The number of halogens is 2. The fraction of sp³-hybridized carbons (Fsp3) is 0.250. The van der Waals surface area contributed by atoms with E-state index in [9.17, 15) is 0 Å². The minimum Gasteiger partial charge on any atom is -0.492 e. The van der Waals surface area contributed by atoms with Crippen LogP contribution in [0.15, 0.2) is 40.9 Å². The van der Waals surface area contributed by atoms with E-state index in [1.165, 1.54) is 5.56 Å². The van der Waals surface area contributed by atoms with Crippen molar-refractivity contribution in [1.29, 1.82) is 0 Å². The molecule has 0 aromatic heterocycles. The molecule has 4 heteroatoms. The van der Waals surface area contributed by atoms with Gasteiger partial charge in [0, 0.05) is 16.0 Å². The fourth-order valence-electron chi connectivity index (χ4n) is 1.91. The highest BCUT2D eigenvalue weighted by molar-refractivity contribution is 9.10. The van der Waals surface area contributed by atoms with Crippen molar-refractivity contribution >= 4 is 33.2 Å². The highest BCUT2D eigenvalue weighted by atomic mass is 79.9. The van der Waals surface area contributed by atoms with Gasteiger partial charge in [-0.3, -0.25) is 0 Å². The van der Waals surface area contributed by atoms with E-state index in [2.05, 4.69) is 34.2 Å². The topological polar surface area (TPSA) is 21.3 Å². The maximum absolute atomic E-state index is 5.95. The van der Waals surface area contributed by atoms with E-state index < -0.39 is 0 Å². The molecular weight excluding hydrogens is 338 g/mol. The third-order valence-electron chi connectivity index (χ3n) is 2.92. The van der Waals surface area contributed by atoms with Crippen molar-refractivity contribution in [3.63, 3.8) is 0 Å². The van der Waals surface area contributed by atoms with Crippen LogP contribution in [-0.4, -0.2) is 6.61 Å². The quantitative estimate of drug-likeness (QED) is 0.774. The molecule has 2 rings (SSSR count). The lowest BCUT2D eigenvalue weighted by Crippen LogP contribution is -2.03. The summed E-state index contributed by atoms with van der Waals surface area (Å²) in [6.45, 7) is 5.41. The first-order valence-electron chi connectivity index (χ1n) is 6.51. The zero-order chi connectivity index (χ0) is 14.5. The molecule has 1 N–H and O–H groups in total. The Morgan fingerprint density at radius 3 is 2.70 bits per heavy atom. The summed E-state index contributed by atoms with van der Waals surface area (Å²) in [5, 5.41) is 4.13. The first-order chi connectivity index (χ1) is 9.60. The molecule has 0 spiro atoms. The Labute approximate surface area is 133 Å². The molecule has 0 aliphatic carbocycles. The number of ether oxygens (including phenoxy) is 1. The summed E-state index contributed by atoms with van der Waals surface area (Å²) in [5.41, 5.74) is 3.34. The molecule has 0 radical (unpaired) electrons. The van der Waals surface area contributed by atoms with E-state index in [4.69, 9.17) is 16.3 Å². The second kappa shape index (κ2) is 7.00. The summed E-state index contributed by atoms with van der Waals surface area (Å²) in [6, 6.07) is 12.0. The zero-order valence-corrected chi connectivity index (χ0v) is 13.9. The van der Waals surface area contributed by atoms with E-state index in [0.29, 0.717) is 13.2 Å². The highest BCUT2D eigenvalue weighted by Crippen LogP contribution is 2.28. The minimum atomic E-state index is 0.656. The molecule has 0 saturated carbocycles. The van der Waals surface area contributed by atoms with Crippen LogP contribution in [0.1, 0.15) is 18.1 Å². The fourth-order valence-corrected chi connectivity index (χ4v) is 2.73. The van der Waals surface area contributed by atoms with Crippen LogP contribution in [0, 0.1) is 6.92 Å². The standard InChI is InChI=1S/C16H17BrClNO/c1-3-20-16-8-11(2)4-7-15(16)19-10-12-5-6-13(18)9-14(12)17/h4-9,19H,3,10H2,1-2H3. The molecule has 0 amide bonds. The molecule has 2 aromatic rings. The third-order valence-corrected chi connectivity index (χ3v) is 3.89. The predicted octanol–water partition coefficient (Wildman–Crippen LogP) is 5.42. The minimum absolute atomic E-state index is 0.656. The van der Waals surface area contributed by atoms with Crippen LogP contribution in [0.3, 0.4) is 0 Å². The number of anilines is 1. The van der Waals surface area contributed by atoms with Crippen molar-refractivity contribution in [2.24, 2.45) is 0 Å². The van der Waals surface area contributed by atoms with Crippen molar-refractivity contribution in [3.8, 4) is 5.75 Å². The van der Waals surface area contributed by atoms with Gasteiger partial charge in [0.15, 0.2) is 0 Å². The van der Waals surface area contributed by atoms with Crippen LogP contribution in [0.2, 0.25) is 5.02 Å². The second-order valence-electron chi connectivity index (χ2n) is 4.52. The Hall–Kier alpha value is -1.19. The molecule has 0 unspecified atom stereocenters. The Bertz CT molecular complexity index is 601. The SMILES string of the molecule is CCOc1cc(C)ccc1NCc1ccc(Cl)cc1Br. The van der Waals surface area contributed by atoms with Gasteiger partial charge in [0.05, 0.1) is 12.3 Å². The van der Waals surface area contributed by atoms with E-state index >= 15 is 0 Å². The second-order valence-corrected chi connectivity index (χ2v) is 5.81. The van der Waals surface area contributed by atoms with Gasteiger partial charge in [-0.1, -0.05) is 39.7 Å². The van der Waals surface area contributed by atoms with Crippen LogP contribution in [0.4, 0.5) is 5.69 Å². The number of rotatable bonds is 5. The van der Waals surface area contributed by atoms with E-state index in [0.717, 1.165) is 26.5 Å². The summed E-state index contributed by atoms with van der Waals surface area (Å²) in [4.78, 5) is 0. The van der Waals surface area contributed by atoms with Crippen LogP contribution < -0.4 is 10.1 Å². The molecular formula is C16H17BrClNO.